The molecule has 0 aliphatic carbocycles. The third-order valence-electron chi connectivity index (χ3n) is 3.82. The van der Waals surface area contributed by atoms with Gasteiger partial charge in [0, 0.05) is 19.4 Å². The minimum absolute atomic E-state index is 0.410. The Morgan fingerprint density at radius 3 is 2.65 bits per heavy atom. The predicted molar refractivity (Wildman–Crippen MR) is 78.6 cm³/mol. The van der Waals surface area contributed by atoms with Crippen LogP contribution in [0.25, 0.3) is 5.52 Å². The highest BCUT2D eigenvalue weighted by atomic mass is 16.5. The topological polar surface area (TPSA) is 50.3 Å². The number of ether oxygens (including phenoxy) is 1. The van der Waals surface area contributed by atoms with Gasteiger partial charge in [-0.25, -0.2) is 4.52 Å². The SMILES string of the molecule is CC.Cc1cnn2cc(C3(C#N)CCOCC3)ccc12. The Labute approximate surface area is 120 Å². The molecule has 0 unspecified atom stereocenters. The van der Waals surface area contributed by atoms with E-state index in [9.17, 15) is 5.26 Å². The van der Waals surface area contributed by atoms with Crippen LogP contribution in [0.5, 0.6) is 0 Å². The van der Waals surface area contributed by atoms with Crippen molar-refractivity contribution in [1.82, 2.24) is 9.61 Å². The van der Waals surface area contributed by atoms with Gasteiger partial charge in [0.15, 0.2) is 0 Å². The molecule has 0 aromatic carbocycles. The summed E-state index contributed by atoms with van der Waals surface area (Å²) in [6, 6.07) is 6.59. The second-order valence-electron chi connectivity index (χ2n) is 4.88. The minimum atomic E-state index is -0.410. The number of rotatable bonds is 1. The summed E-state index contributed by atoms with van der Waals surface area (Å²) >= 11 is 0. The largest absolute Gasteiger partial charge is 0.381 e. The van der Waals surface area contributed by atoms with E-state index < -0.39 is 5.41 Å². The van der Waals surface area contributed by atoms with E-state index in [4.69, 9.17) is 4.74 Å². The maximum absolute atomic E-state index is 9.54. The van der Waals surface area contributed by atoms with Crippen molar-refractivity contribution in [1.29, 1.82) is 5.26 Å². The number of aryl methyl sites for hydroxylation is 1. The summed E-state index contributed by atoms with van der Waals surface area (Å²) in [6.07, 6.45) is 5.35. The molecule has 2 aromatic rings. The zero-order valence-corrected chi connectivity index (χ0v) is 12.4. The molecule has 2 aromatic heterocycles. The minimum Gasteiger partial charge on any atom is -0.381 e. The van der Waals surface area contributed by atoms with Gasteiger partial charge in [-0.1, -0.05) is 19.9 Å². The number of aromatic nitrogens is 2. The Bertz CT molecular complexity index is 618. The molecule has 0 amide bonds. The molecule has 4 nitrogen and oxygen atoms in total. The van der Waals surface area contributed by atoms with Gasteiger partial charge in [-0.2, -0.15) is 10.4 Å². The van der Waals surface area contributed by atoms with E-state index in [-0.39, 0.29) is 0 Å². The van der Waals surface area contributed by atoms with Gasteiger partial charge in [0.1, 0.15) is 0 Å². The van der Waals surface area contributed by atoms with E-state index in [1.165, 1.54) is 0 Å². The number of nitrogens with zero attached hydrogens (tertiary/aromatic N) is 3. The van der Waals surface area contributed by atoms with Gasteiger partial charge >= 0.3 is 0 Å². The van der Waals surface area contributed by atoms with Crippen molar-refractivity contribution in [2.24, 2.45) is 0 Å². The molecular weight excluding hydrogens is 250 g/mol. The molecule has 106 valence electrons. The number of nitriles is 1. The van der Waals surface area contributed by atoms with E-state index in [0.717, 1.165) is 29.5 Å². The van der Waals surface area contributed by atoms with E-state index >= 15 is 0 Å². The van der Waals surface area contributed by atoms with Crippen LogP contribution in [0.4, 0.5) is 0 Å². The Morgan fingerprint density at radius 2 is 2.00 bits per heavy atom. The fraction of sp³-hybridized carbons (Fsp3) is 0.500. The Kier molecular flexibility index (Phi) is 4.41. The smallest absolute Gasteiger partial charge is 0.0880 e. The van der Waals surface area contributed by atoms with Gasteiger partial charge in [0.05, 0.1) is 23.2 Å². The lowest BCUT2D eigenvalue weighted by atomic mass is 9.76. The lowest BCUT2D eigenvalue weighted by Gasteiger charge is -2.30. The Balaban J connectivity index is 0.000000704. The molecule has 4 heteroatoms. The Morgan fingerprint density at radius 1 is 1.30 bits per heavy atom. The van der Waals surface area contributed by atoms with Crippen LogP contribution in [-0.4, -0.2) is 22.8 Å². The van der Waals surface area contributed by atoms with Crippen LogP contribution in [0.2, 0.25) is 0 Å². The van der Waals surface area contributed by atoms with E-state index in [2.05, 4.69) is 17.2 Å². The van der Waals surface area contributed by atoms with E-state index in [1.54, 1.807) is 0 Å². The van der Waals surface area contributed by atoms with Crippen LogP contribution in [0.15, 0.2) is 24.5 Å². The van der Waals surface area contributed by atoms with Gasteiger partial charge in [0.25, 0.3) is 0 Å². The summed E-state index contributed by atoms with van der Waals surface area (Å²) in [5.41, 5.74) is 2.88. The number of fused-ring (bicyclic) bond motifs is 1. The maximum atomic E-state index is 9.54. The summed E-state index contributed by atoms with van der Waals surface area (Å²) in [6.45, 7) is 7.35. The molecule has 1 aliphatic rings. The summed E-state index contributed by atoms with van der Waals surface area (Å²) in [7, 11) is 0. The van der Waals surface area contributed by atoms with Crippen molar-refractivity contribution >= 4 is 5.52 Å². The van der Waals surface area contributed by atoms with E-state index in [0.29, 0.717) is 13.2 Å². The first-order valence-electron chi connectivity index (χ1n) is 7.19. The quantitative estimate of drug-likeness (QED) is 0.800. The molecule has 1 fully saturated rings. The third kappa shape index (κ3) is 2.41. The summed E-state index contributed by atoms with van der Waals surface area (Å²) in [5.74, 6) is 0. The Hall–Kier alpha value is -1.86. The zero-order valence-electron chi connectivity index (χ0n) is 12.4. The molecular formula is C16H21N3O. The van der Waals surface area contributed by atoms with Gasteiger partial charge in [-0.05, 0) is 37.0 Å². The molecule has 1 aliphatic heterocycles. The van der Waals surface area contributed by atoms with Crippen LogP contribution in [0.3, 0.4) is 0 Å². The highest BCUT2D eigenvalue weighted by molar-refractivity contribution is 5.54. The molecule has 1 saturated heterocycles. The van der Waals surface area contributed by atoms with Crippen molar-refractivity contribution in [2.75, 3.05) is 13.2 Å². The van der Waals surface area contributed by atoms with Gasteiger partial charge in [0.2, 0.25) is 0 Å². The first-order chi connectivity index (χ1) is 9.75. The normalized spacial score (nSPS) is 17.1. The number of pyridine rings is 1. The van der Waals surface area contributed by atoms with Crippen LogP contribution >= 0.6 is 0 Å². The molecule has 0 spiro atoms. The fourth-order valence-corrected chi connectivity index (χ4v) is 2.58. The van der Waals surface area contributed by atoms with Crippen molar-refractivity contribution in [2.45, 2.75) is 39.0 Å². The lowest BCUT2D eigenvalue weighted by Crippen LogP contribution is -2.32. The second kappa shape index (κ2) is 6.06. The summed E-state index contributed by atoms with van der Waals surface area (Å²) in [4.78, 5) is 0. The van der Waals surface area contributed by atoms with Crippen LogP contribution in [0, 0.1) is 18.3 Å². The molecule has 0 bridgehead atoms. The fourth-order valence-electron chi connectivity index (χ4n) is 2.58. The summed E-state index contributed by atoms with van der Waals surface area (Å²) < 4.78 is 7.23. The predicted octanol–water partition coefficient (Wildman–Crippen LogP) is 3.24. The van der Waals surface area contributed by atoms with Crippen LogP contribution < -0.4 is 0 Å². The average molecular weight is 271 g/mol. The molecule has 3 rings (SSSR count). The van der Waals surface area contributed by atoms with Crippen LogP contribution in [-0.2, 0) is 10.2 Å². The van der Waals surface area contributed by atoms with E-state index in [1.807, 2.05) is 43.7 Å². The first-order valence-corrected chi connectivity index (χ1v) is 7.19. The maximum Gasteiger partial charge on any atom is 0.0880 e. The van der Waals surface area contributed by atoms with Gasteiger partial charge in [-0.3, -0.25) is 0 Å². The third-order valence-corrected chi connectivity index (χ3v) is 3.82. The zero-order chi connectivity index (χ0) is 14.6. The van der Waals surface area contributed by atoms with Crippen molar-refractivity contribution < 1.29 is 4.74 Å². The standard InChI is InChI=1S/C14H15N3O.C2H6/c1-11-8-16-17-9-12(2-3-13(11)17)14(10-15)4-6-18-7-5-14;1-2/h2-3,8-9H,4-7H2,1H3;1-2H3. The number of hydrogen-bond donors (Lipinski definition) is 0. The van der Waals surface area contributed by atoms with Gasteiger partial charge in [-0.15, -0.1) is 0 Å². The monoisotopic (exact) mass is 271 g/mol. The first kappa shape index (κ1) is 14.5. The van der Waals surface area contributed by atoms with Crippen molar-refractivity contribution in [3.05, 3.63) is 35.7 Å². The molecule has 3 heterocycles. The lowest BCUT2D eigenvalue weighted by molar-refractivity contribution is 0.0674. The average Bonchev–Trinajstić information content (AvgIpc) is 2.91. The van der Waals surface area contributed by atoms with Gasteiger partial charge < -0.3 is 4.74 Å². The highest BCUT2D eigenvalue weighted by Gasteiger charge is 2.35. The molecule has 20 heavy (non-hydrogen) atoms. The highest BCUT2D eigenvalue weighted by Crippen LogP contribution is 2.34. The molecule has 0 saturated carbocycles. The summed E-state index contributed by atoms with van der Waals surface area (Å²) in [5, 5.41) is 13.9. The van der Waals surface area contributed by atoms with Crippen molar-refractivity contribution in [3.8, 4) is 6.07 Å². The number of hydrogen-bond acceptors (Lipinski definition) is 3. The molecule has 0 atom stereocenters. The second-order valence-corrected chi connectivity index (χ2v) is 4.88. The molecule has 0 radical (unpaired) electrons. The van der Waals surface area contributed by atoms with Crippen molar-refractivity contribution in [3.63, 3.8) is 0 Å². The molecule has 0 N–H and O–H groups in total. The van der Waals surface area contributed by atoms with Crippen LogP contribution in [0.1, 0.15) is 37.8 Å².